The van der Waals surface area contributed by atoms with Crippen molar-refractivity contribution in [2.24, 2.45) is 5.92 Å². The highest BCUT2D eigenvalue weighted by molar-refractivity contribution is 5.41. The average Bonchev–Trinajstić information content (AvgIpc) is 2.14. The van der Waals surface area contributed by atoms with Crippen molar-refractivity contribution in [3.05, 3.63) is 29.8 Å². The fraction of sp³-hybridized carbons (Fsp3) is 0.500. The Morgan fingerprint density at radius 1 is 1.36 bits per heavy atom. The second-order valence-corrected chi connectivity index (χ2v) is 4.02. The summed E-state index contributed by atoms with van der Waals surface area (Å²) in [6.07, 6.45) is 1.19. The van der Waals surface area contributed by atoms with Gasteiger partial charge in [-0.2, -0.15) is 0 Å². The minimum absolute atomic E-state index is 0.165. The van der Waals surface area contributed by atoms with E-state index in [4.69, 9.17) is 10.5 Å². The number of rotatable bonds is 4. The number of hydrogen-bond acceptors (Lipinski definition) is 2. The van der Waals surface area contributed by atoms with Crippen LogP contribution in [0.25, 0.3) is 0 Å². The Morgan fingerprint density at radius 2 is 2.07 bits per heavy atom. The number of anilines is 1. The van der Waals surface area contributed by atoms with Gasteiger partial charge >= 0.3 is 0 Å². The first-order valence-corrected chi connectivity index (χ1v) is 5.01. The molecule has 2 N–H and O–H groups in total. The van der Waals surface area contributed by atoms with Crippen LogP contribution < -0.4 is 5.73 Å². The Bertz CT molecular complexity index is 283. The van der Waals surface area contributed by atoms with Crippen LogP contribution in [0.5, 0.6) is 0 Å². The molecule has 0 saturated carbocycles. The molecule has 1 aromatic rings. The molecule has 0 amide bonds. The second kappa shape index (κ2) is 5.01. The molecule has 1 aromatic carbocycles. The number of ether oxygens (including phenoxy) is 1. The summed E-state index contributed by atoms with van der Waals surface area (Å²) < 4.78 is 5.45. The monoisotopic (exact) mass is 193 g/mol. The van der Waals surface area contributed by atoms with Crippen molar-refractivity contribution in [1.29, 1.82) is 0 Å². The van der Waals surface area contributed by atoms with E-state index >= 15 is 0 Å². The molecule has 0 radical (unpaired) electrons. The molecule has 0 saturated heterocycles. The van der Waals surface area contributed by atoms with Gasteiger partial charge in [-0.1, -0.05) is 26.0 Å². The van der Waals surface area contributed by atoms with Gasteiger partial charge in [-0.3, -0.25) is 0 Å². The predicted molar refractivity (Wildman–Crippen MR) is 60.1 cm³/mol. The van der Waals surface area contributed by atoms with Gasteiger partial charge in [0.05, 0.1) is 6.10 Å². The van der Waals surface area contributed by atoms with Crippen LogP contribution in [0.2, 0.25) is 0 Å². The van der Waals surface area contributed by atoms with Crippen LogP contribution in [0.1, 0.15) is 31.9 Å². The highest BCUT2D eigenvalue weighted by Gasteiger charge is 2.12. The Hall–Kier alpha value is -1.02. The number of nitrogen functional groups attached to an aromatic ring is 1. The van der Waals surface area contributed by atoms with Crippen molar-refractivity contribution in [1.82, 2.24) is 0 Å². The first kappa shape index (κ1) is 11.1. The maximum absolute atomic E-state index is 5.73. The van der Waals surface area contributed by atoms with E-state index in [0.717, 1.165) is 12.1 Å². The van der Waals surface area contributed by atoms with Gasteiger partial charge in [0.2, 0.25) is 0 Å². The third-order valence-corrected chi connectivity index (χ3v) is 2.25. The largest absolute Gasteiger partial charge is 0.399 e. The highest BCUT2D eigenvalue weighted by atomic mass is 16.5. The van der Waals surface area contributed by atoms with Gasteiger partial charge in [-0.25, -0.2) is 0 Å². The van der Waals surface area contributed by atoms with Gasteiger partial charge in [-0.15, -0.1) is 0 Å². The number of methoxy groups -OCH3 is 1. The van der Waals surface area contributed by atoms with Gasteiger partial charge in [-0.05, 0) is 30.0 Å². The maximum atomic E-state index is 5.73. The second-order valence-electron chi connectivity index (χ2n) is 4.02. The fourth-order valence-electron chi connectivity index (χ4n) is 1.56. The van der Waals surface area contributed by atoms with Gasteiger partial charge in [0, 0.05) is 12.8 Å². The number of benzene rings is 1. The lowest BCUT2D eigenvalue weighted by molar-refractivity contribution is 0.0846. The summed E-state index contributed by atoms with van der Waals surface area (Å²) >= 11 is 0. The third kappa shape index (κ3) is 3.04. The summed E-state index contributed by atoms with van der Waals surface area (Å²) in [6.45, 7) is 4.39. The lowest BCUT2D eigenvalue weighted by Gasteiger charge is -2.18. The van der Waals surface area contributed by atoms with Crippen LogP contribution in [-0.2, 0) is 4.74 Å². The summed E-state index contributed by atoms with van der Waals surface area (Å²) in [6, 6.07) is 7.91. The van der Waals surface area contributed by atoms with E-state index in [1.54, 1.807) is 7.11 Å². The lowest BCUT2D eigenvalue weighted by Crippen LogP contribution is -2.05. The van der Waals surface area contributed by atoms with Crippen molar-refractivity contribution in [3.8, 4) is 0 Å². The molecule has 2 nitrogen and oxygen atoms in total. The van der Waals surface area contributed by atoms with Crippen molar-refractivity contribution in [2.75, 3.05) is 12.8 Å². The molecule has 0 aliphatic rings. The first-order valence-electron chi connectivity index (χ1n) is 5.01. The molecule has 0 spiro atoms. The Morgan fingerprint density at radius 3 is 2.57 bits per heavy atom. The number of nitrogens with two attached hydrogens (primary N) is 1. The normalized spacial score (nSPS) is 13.1. The van der Waals surface area contributed by atoms with E-state index in [9.17, 15) is 0 Å². The molecule has 1 atom stereocenters. The third-order valence-electron chi connectivity index (χ3n) is 2.25. The average molecular weight is 193 g/mol. The van der Waals surface area contributed by atoms with Crippen LogP contribution in [-0.4, -0.2) is 7.11 Å². The van der Waals surface area contributed by atoms with E-state index in [-0.39, 0.29) is 6.10 Å². The molecular formula is C12H19NO. The fourth-order valence-corrected chi connectivity index (χ4v) is 1.56. The molecule has 78 valence electrons. The van der Waals surface area contributed by atoms with Crippen molar-refractivity contribution >= 4 is 5.69 Å². The van der Waals surface area contributed by atoms with E-state index in [1.807, 2.05) is 18.2 Å². The lowest BCUT2D eigenvalue weighted by atomic mass is 9.99. The standard InChI is InChI=1S/C12H19NO/c1-9(2)7-12(14-3)10-5-4-6-11(13)8-10/h4-6,8-9,12H,7,13H2,1-3H3/t12-/m0/s1. The molecule has 2 heteroatoms. The predicted octanol–water partition coefficient (Wildman–Crippen LogP) is 3.00. The Balaban J connectivity index is 2.78. The smallest absolute Gasteiger partial charge is 0.0824 e. The molecule has 14 heavy (non-hydrogen) atoms. The maximum Gasteiger partial charge on any atom is 0.0824 e. The molecule has 0 unspecified atom stereocenters. The zero-order chi connectivity index (χ0) is 10.6. The molecule has 0 heterocycles. The van der Waals surface area contributed by atoms with E-state index in [0.29, 0.717) is 5.92 Å². The molecule has 1 rings (SSSR count). The quantitative estimate of drug-likeness (QED) is 0.746. The van der Waals surface area contributed by atoms with E-state index in [2.05, 4.69) is 19.9 Å². The van der Waals surface area contributed by atoms with Crippen LogP contribution in [0.4, 0.5) is 5.69 Å². The van der Waals surface area contributed by atoms with Gasteiger partial charge in [0.25, 0.3) is 0 Å². The Labute approximate surface area is 86.1 Å². The first-order chi connectivity index (χ1) is 6.63. The van der Waals surface area contributed by atoms with Crippen LogP contribution >= 0.6 is 0 Å². The molecule has 0 fully saturated rings. The highest BCUT2D eigenvalue weighted by Crippen LogP contribution is 2.25. The summed E-state index contributed by atoms with van der Waals surface area (Å²) in [5, 5.41) is 0. The summed E-state index contributed by atoms with van der Waals surface area (Å²) in [5.74, 6) is 0.626. The van der Waals surface area contributed by atoms with Crippen LogP contribution in [0.15, 0.2) is 24.3 Å². The minimum atomic E-state index is 0.165. The summed E-state index contributed by atoms with van der Waals surface area (Å²) in [5.41, 5.74) is 7.69. The van der Waals surface area contributed by atoms with Crippen molar-refractivity contribution in [3.63, 3.8) is 0 Å². The summed E-state index contributed by atoms with van der Waals surface area (Å²) in [7, 11) is 1.75. The SMILES string of the molecule is CO[C@@H](CC(C)C)c1cccc(N)c1. The topological polar surface area (TPSA) is 35.2 Å². The molecule has 0 aliphatic heterocycles. The Kier molecular flexibility index (Phi) is 3.96. The molecule has 0 bridgehead atoms. The van der Waals surface area contributed by atoms with E-state index < -0.39 is 0 Å². The minimum Gasteiger partial charge on any atom is -0.399 e. The van der Waals surface area contributed by atoms with Crippen LogP contribution in [0.3, 0.4) is 0 Å². The molecular weight excluding hydrogens is 174 g/mol. The number of hydrogen-bond donors (Lipinski definition) is 1. The van der Waals surface area contributed by atoms with E-state index in [1.165, 1.54) is 5.56 Å². The zero-order valence-electron chi connectivity index (χ0n) is 9.16. The van der Waals surface area contributed by atoms with Crippen LogP contribution in [0, 0.1) is 5.92 Å². The molecule has 0 aliphatic carbocycles. The molecule has 0 aromatic heterocycles. The zero-order valence-corrected chi connectivity index (χ0v) is 9.16. The van der Waals surface area contributed by atoms with Gasteiger partial charge < -0.3 is 10.5 Å². The van der Waals surface area contributed by atoms with Crippen molar-refractivity contribution < 1.29 is 4.74 Å². The summed E-state index contributed by atoms with van der Waals surface area (Å²) in [4.78, 5) is 0. The van der Waals surface area contributed by atoms with Crippen molar-refractivity contribution in [2.45, 2.75) is 26.4 Å². The van der Waals surface area contributed by atoms with Gasteiger partial charge in [0.15, 0.2) is 0 Å². The van der Waals surface area contributed by atoms with Gasteiger partial charge in [0.1, 0.15) is 0 Å².